The van der Waals surface area contributed by atoms with E-state index in [0.29, 0.717) is 5.69 Å². The normalized spacial score (nSPS) is 17.2. The summed E-state index contributed by atoms with van der Waals surface area (Å²) in [7, 11) is 0. The summed E-state index contributed by atoms with van der Waals surface area (Å²) in [5.74, 6) is -1.11. The van der Waals surface area contributed by atoms with E-state index < -0.39 is 16.1 Å². The van der Waals surface area contributed by atoms with Gasteiger partial charge in [-0.1, -0.05) is 19.1 Å². The fourth-order valence-corrected chi connectivity index (χ4v) is 3.63. The minimum absolute atomic E-state index is 0.0510. The molecule has 25 heavy (non-hydrogen) atoms. The van der Waals surface area contributed by atoms with Crippen molar-refractivity contribution in [2.45, 2.75) is 17.1 Å². The van der Waals surface area contributed by atoms with Crippen LogP contribution in [0, 0.1) is 16.0 Å². The lowest BCUT2D eigenvalue weighted by Crippen LogP contribution is -2.39. The fourth-order valence-electron chi connectivity index (χ4n) is 2.46. The van der Waals surface area contributed by atoms with Crippen LogP contribution in [0.25, 0.3) is 0 Å². The third kappa shape index (κ3) is 3.63. The lowest BCUT2D eigenvalue weighted by molar-refractivity contribution is -0.384. The summed E-state index contributed by atoms with van der Waals surface area (Å²) >= 11 is 1.36. The van der Waals surface area contributed by atoms with Gasteiger partial charge in [-0.3, -0.25) is 19.7 Å². The van der Waals surface area contributed by atoms with E-state index in [4.69, 9.17) is 0 Å². The zero-order chi connectivity index (χ0) is 18.0. The second kappa shape index (κ2) is 6.94. The van der Waals surface area contributed by atoms with Crippen molar-refractivity contribution in [2.75, 3.05) is 10.6 Å². The molecule has 8 heteroatoms. The van der Waals surface area contributed by atoms with Crippen LogP contribution in [0.3, 0.4) is 0 Å². The lowest BCUT2D eigenvalue weighted by atomic mass is 10.1. The van der Waals surface area contributed by atoms with Crippen molar-refractivity contribution in [1.82, 2.24) is 0 Å². The van der Waals surface area contributed by atoms with Crippen molar-refractivity contribution in [1.29, 1.82) is 0 Å². The number of nitrogens with zero attached hydrogens (tertiary/aromatic N) is 1. The van der Waals surface area contributed by atoms with Gasteiger partial charge in [0.25, 0.3) is 5.69 Å². The van der Waals surface area contributed by atoms with Gasteiger partial charge in [-0.15, -0.1) is 11.8 Å². The zero-order valence-electron chi connectivity index (χ0n) is 13.3. The molecule has 3 rings (SSSR count). The Balaban J connectivity index is 1.70. The fraction of sp³-hybridized carbons (Fsp3) is 0.176. The third-order valence-electron chi connectivity index (χ3n) is 3.87. The highest BCUT2D eigenvalue weighted by atomic mass is 32.2. The summed E-state index contributed by atoms with van der Waals surface area (Å²) in [5, 5.41) is 15.6. The molecule has 7 nitrogen and oxygen atoms in total. The van der Waals surface area contributed by atoms with Gasteiger partial charge >= 0.3 is 0 Å². The van der Waals surface area contributed by atoms with E-state index >= 15 is 0 Å². The number of fused-ring (bicyclic) bond motifs is 1. The maximum absolute atomic E-state index is 12.4. The number of nitro benzene ring substituents is 1. The SMILES string of the molecule is CC(C(=O)Nc1ccc([N+](=O)[O-])cc1)C1Sc2ccccc2NC1=O. The molecule has 0 spiro atoms. The Kier molecular flexibility index (Phi) is 4.71. The number of nitrogens with one attached hydrogen (secondary N) is 2. The summed E-state index contributed by atoms with van der Waals surface area (Å²) < 4.78 is 0. The first-order chi connectivity index (χ1) is 12.0. The predicted octanol–water partition coefficient (Wildman–Crippen LogP) is 3.28. The predicted molar refractivity (Wildman–Crippen MR) is 95.6 cm³/mol. The first-order valence-electron chi connectivity index (χ1n) is 7.57. The Morgan fingerprint density at radius 1 is 1.24 bits per heavy atom. The Morgan fingerprint density at radius 3 is 2.60 bits per heavy atom. The molecule has 0 fully saturated rings. The van der Waals surface area contributed by atoms with Crippen molar-refractivity contribution in [3.8, 4) is 0 Å². The molecule has 1 aliphatic rings. The molecule has 2 amide bonds. The van der Waals surface area contributed by atoms with E-state index in [1.165, 1.54) is 36.0 Å². The topological polar surface area (TPSA) is 101 Å². The number of carbonyl (C=O) groups excluding carboxylic acids is 2. The number of thioether (sulfide) groups is 1. The van der Waals surface area contributed by atoms with Crippen molar-refractivity contribution in [3.05, 3.63) is 58.6 Å². The van der Waals surface area contributed by atoms with Crippen molar-refractivity contribution in [3.63, 3.8) is 0 Å². The summed E-state index contributed by atoms with van der Waals surface area (Å²) in [6.45, 7) is 1.69. The van der Waals surface area contributed by atoms with Gasteiger partial charge in [-0.2, -0.15) is 0 Å². The number of benzene rings is 2. The number of nitro groups is 1. The van der Waals surface area contributed by atoms with Crippen LogP contribution in [0.2, 0.25) is 0 Å². The number of rotatable bonds is 4. The Bertz CT molecular complexity index is 838. The standard InChI is InChI=1S/C17H15N3O4S/c1-10(15-17(22)19-13-4-2-3-5-14(13)25-15)16(21)18-11-6-8-12(9-7-11)20(23)24/h2-10,15H,1H3,(H,18,21)(H,19,22). The highest BCUT2D eigenvalue weighted by Crippen LogP contribution is 2.38. The second-order valence-electron chi connectivity index (χ2n) is 5.61. The molecule has 1 aliphatic heterocycles. The number of amides is 2. The molecule has 0 radical (unpaired) electrons. The lowest BCUT2D eigenvalue weighted by Gasteiger charge is -2.27. The first-order valence-corrected chi connectivity index (χ1v) is 8.45. The van der Waals surface area contributed by atoms with E-state index in [1.54, 1.807) is 6.92 Å². The smallest absolute Gasteiger partial charge is 0.269 e. The molecular weight excluding hydrogens is 342 g/mol. The molecule has 0 aromatic heterocycles. The quantitative estimate of drug-likeness (QED) is 0.646. The van der Waals surface area contributed by atoms with E-state index in [1.807, 2.05) is 24.3 Å². The van der Waals surface area contributed by atoms with Crippen LogP contribution in [0.15, 0.2) is 53.4 Å². The van der Waals surface area contributed by atoms with E-state index in [-0.39, 0.29) is 17.5 Å². The van der Waals surface area contributed by atoms with Crippen LogP contribution in [0.4, 0.5) is 17.1 Å². The number of para-hydroxylation sites is 1. The Morgan fingerprint density at radius 2 is 1.92 bits per heavy atom. The maximum atomic E-state index is 12.4. The minimum Gasteiger partial charge on any atom is -0.326 e. The molecule has 2 N–H and O–H groups in total. The molecule has 2 atom stereocenters. The number of non-ortho nitro benzene ring substituents is 1. The van der Waals surface area contributed by atoms with Crippen LogP contribution >= 0.6 is 11.8 Å². The molecule has 0 saturated carbocycles. The second-order valence-corrected chi connectivity index (χ2v) is 6.79. The van der Waals surface area contributed by atoms with Crippen LogP contribution in [-0.4, -0.2) is 22.0 Å². The Labute approximate surface area is 148 Å². The maximum Gasteiger partial charge on any atom is 0.269 e. The van der Waals surface area contributed by atoms with Gasteiger partial charge in [0.2, 0.25) is 11.8 Å². The molecule has 0 saturated heterocycles. The average Bonchev–Trinajstić information content (AvgIpc) is 2.61. The largest absolute Gasteiger partial charge is 0.326 e. The van der Waals surface area contributed by atoms with Crippen LogP contribution in [-0.2, 0) is 9.59 Å². The van der Waals surface area contributed by atoms with Crippen molar-refractivity contribution < 1.29 is 14.5 Å². The van der Waals surface area contributed by atoms with E-state index in [2.05, 4.69) is 10.6 Å². The highest BCUT2D eigenvalue weighted by molar-refractivity contribution is 8.01. The molecular formula is C17H15N3O4S. The summed E-state index contributed by atoms with van der Waals surface area (Å²) in [5.41, 5.74) is 1.14. The van der Waals surface area contributed by atoms with E-state index in [9.17, 15) is 19.7 Å². The van der Waals surface area contributed by atoms with Crippen molar-refractivity contribution >= 4 is 40.6 Å². The van der Waals surface area contributed by atoms with Crippen LogP contribution in [0.1, 0.15) is 6.92 Å². The van der Waals surface area contributed by atoms with Gasteiger partial charge < -0.3 is 10.6 Å². The summed E-state index contributed by atoms with van der Waals surface area (Å²) in [6.07, 6.45) is 0. The Hall–Kier alpha value is -2.87. The molecule has 128 valence electrons. The van der Waals surface area contributed by atoms with Gasteiger partial charge in [0, 0.05) is 22.7 Å². The number of hydrogen-bond donors (Lipinski definition) is 2. The van der Waals surface area contributed by atoms with Crippen LogP contribution < -0.4 is 10.6 Å². The first kappa shape index (κ1) is 17.0. The minimum atomic E-state index is -0.575. The summed E-state index contributed by atoms with van der Waals surface area (Å²) in [4.78, 5) is 35.8. The monoisotopic (exact) mass is 357 g/mol. The number of carbonyl (C=O) groups is 2. The van der Waals surface area contributed by atoms with E-state index in [0.717, 1.165) is 10.6 Å². The molecule has 1 heterocycles. The van der Waals surface area contributed by atoms with Gasteiger partial charge in [0.15, 0.2) is 0 Å². The van der Waals surface area contributed by atoms with Gasteiger partial charge in [0.1, 0.15) is 0 Å². The third-order valence-corrected chi connectivity index (χ3v) is 5.36. The van der Waals surface area contributed by atoms with Gasteiger partial charge in [0.05, 0.1) is 21.8 Å². The number of anilines is 2. The van der Waals surface area contributed by atoms with Crippen LogP contribution in [0.5, 0.6) is 0 Å². The molecule has 2 aromatic carbocycles. The van der Waals surface area contributed by atoms with Gasteiger partial charge in [-0.25, -0.2) is 0 Å². The van der Waals surface area contributed by atoms with Gasteiger partial charge in [-0.05, 0) is 24.3 Å². The van der Waals surface area contributed by atoms with Crippen molar-refractivity contribution in [2.24, 2.45) is 5.92 Å². The summed E-state index contributed by atoms with van der Waals surface area (Å²) in [6, 6.07) is 13.0. The number of hydrogen-bond acceptors (Lipinski definition) is 5. The average molecular weight is 357 g/mol. The molecule has 0 aliphatic carbocycles. The highest BCUT2D eigenvalue weighted by Gasteiger charge is 2.35. The molecule has 0 bridgehead atoms. The molecule has 2 aromatic rings. The molecule has 2 unspecified atom stereocenters. The zero-order valence-corrected chi connectivity index (χ0v) is 14.1.